The molecule has 0 spiro atoms. The monoisotopic (exact) mass is 508 g/mol. The molecule has 1 N–H and O–H groups in total. The van der Waals surface area contributed by atoms with E-state index >= 15 is 0 Å². The van der Waals surface area contributed by atoms with E-state index in [1.807, 2.05) is 31.2 Å². The summed E-state index contributed by atoms with van der Waals surface area (Å²) >= 11 is 0. The molecule has 0 radical (unpaired) electrons. The lowest BCUT2D eigenvalue weighted by Gasteiger charge is -2.33. The number of nitrogens with zero attached hydrogens (tertiary/aromatic N) is 1. The minimum atomic E-state index is -3.79. The number of carbonyl (C=O) groups excluding carboxylic acids is 1. The molecule has 3 aromatic carbocycles. The minimum Gasteiger partial charge on any atom is -0.353 e. The molecule has 4 rings (SSSR count). The van der Waals surface area contributed by atoms with Crippen LogP contribution in [0.2, 0.25) is 0 Å². The second-order valence-electron chi connectivity index (χ2n) is 9.65. The highest BCUT2D eigenvalue weighted by molar-refractivity contribution is 7.89. The Morgan fingerprint density at radius 3 is 2.22 bits per heavy atom. The molecule has 1 amide bonds. The highest BCUT2D eigenvalue weighted by Gasteiger charge is 2.30. The van der Waals surface area contributed by atoms with Gasteiger partial charge in [-0.25, -0.2) is 12.8 Å². The SMILES string of the molecule is Cc1ccc(CC(=O)NC2CCC(CN(Cc3ccccc3F)S(=O)(=O)c3ccccc3)CC2)cc1. The molecule has 7 heteroatoms. The van der Waals surface area contributed by atoms with Crippen LogP contribution in [0.15, 0.2) is 83.8 Å². The van der Waals surface area contributed by atoms with E-state index in [0.29, 0.717) is 18.5 Å². The van der Waals surface area contributed by atoms with E-state index in [0.717, 1.165) is 36.8 Å². The molecule has 36 heavy (non-hydrogen) atoms. The molecule has 0 bridgehead atoms. The van der Waals surface area contributed by atoms with Gasteiger partial charge in [-0.3, -0.25) is 4.79 Å². The number of halogens is 1. The highest BCUT2D eigenvalue weighted by atomic mass is 32.2. The maximum absolute atomic E-state index is 14.4. The zero-order valence-electron chi connectivity index (χ0n) is 20.6. The van der Waals surface area contributed by atoms with Crippen molar-refractivity contribution in [1.29, 1.82) is 0 Å². The number of carbonyl (C=O) groups is 1. The van der Waals surface area contributed by atoms with Gasteiger partial charge >= 0.3 is 0 Å². The maximum Gasteiger partial charge on any atom is 0.243 e. The second kappa shape index (κ2) is 11.8. The van der Waals surface area contributed by atoms with Gasteiger partial charge in [0.05, 0.1) is 11.3 Å². The highest BCUT2D eigenvalue weighted by Crippen LogP contribution is 2.29. The number of aryl methyl sites for hydroxylation is 1. The van der Waals surface area contributed by atoms with Crippen LogP contribution in [0.4, 0.5) is 4.39 Å². The van der Waals surface area contributed by atoms with Crippen LogP contribution in [0.25, 0.3) is 0 Å². The van der Waals surface area contributed by atoms with Crippen LogP contribution in [0, 0.1) is 18.7 Å². The van der Waals surface area contributed by atoms with E-state index in [1.54, 1.807) is 48.5 Å². The number of nitrogens with one attached hydrogen (secondary N) is 1. The molecular formula is C29H33FN2O3S. The zero-order valence-corrected chi connectivity index (χ0v) is 21.4. The average molecular weight is 509 g/mol. The van der Waals surface area contributed by atoms with Crippen LogP contribution in [0.3, 0.4) is 0 Å². The van der Waals surface area contributed by atoms with Crippen molar-refractivity contribution < 1.29 is 17.6 Å². The van der Waals surface area contributed by atoms with Crippen molar-refractivity contribution in [2.75, 3.05) is 6.54 Å². The van der Waals surface area contributed by atoms with Crippen molar-refractivity contribution in [3.8, 4) is 0 Å². The molecule has 0 aromatic heterocycles. The number of hydrogen-bond acceptors (Lipinski definition) is 3. The number of sulfonamides is 1. The first-order chi connectivity index (χ1) is 17.3. The Hall–Kier alpha value is -3.03. The summed E-state index contributed by atoms with van der Waals surface area (Å²) in [6.45, 7) is 2.32. The number of benzene rings is 3. The van der Waals surface area contributed by atoms with Crippen molar-refractivity contribution in [3.05, 3.63) is 101 Å². The van der Waals surface area contributed by atoms with E-state index in [9.17, 15) is 17.6 Å². The van der Waals surface area contributed by atoms with Crippen molar-refractivity contribution in [2.24, 2.45) is 5.92 Å². The van der Waals surface area contributed by atoms with Crippen molar-refractivity contribution >= 4 is 15.9 Å². The predicted molar refractivity (Wildman–Crippen MR) is 139 cm³/mol. The topological polar surface area (TPSA) is 66.5 Å². The van der Waals surface area contributed by atoms with Gasteiger partial charge in [0.15, 0.2) is 0 Å². The standard InChI is InChI=1S/C29H33FN2O3S/c1-22-11-13-23(14-12-22)19-29(33)31-26-17-15-24(16-18-26)20-32(21-25-7-5-6-10-28(25)30)36(34,35)27-8-3-2-4-9-27/h2-14,24,26H,15-21H2,1H3,(H,31,33). The Labute approximate surface area is 213 Å². The molecule has 1 saturated carbocycles. The predicted octanol–water partition coefficient (Wildman–Crippen LogP) is 5.24. The van der Waals surface area contributed by atoms with E-state index in [2.05, 4.69) is 5.32 Å². The van der Waals surface area contributed by atoms with Crippen LogP contribution in [-0.4, -0.2) is 31.2 Å². The summed E-state index contributed by atoms with van der Waals surface area (Å²) in [6.07, 6.45) is 3.54. The summed E-state index contributed by atoms with van der Waals surface area (Å²) in [5.74, 6) is -0.263. The van der Waals surface area contributed by atoms with Gasteiger partial charge in [-0.2, -0.15) is 4.31 Å². The molecule has 0 saturated heterocycles. The third kappa shape index (κ3) is 6.80. The molecular weight excluding hydrogens is 475 g/mol. The van der Waals surface area contributed by atoms with E-state index < -0.39 is 15.8 Å². The molecule has 1 aliphatic rings. The van der Waals surface area contributed by atoms with Gasteiger partial charge in [-0.1, -0.05) is 66.2 Å². The van der Waals surface area contributed by atoms with Gasteiger partial charge in [0.2, 0.25) is 15.9 Å². The molecule has 0 heterocycles. The van der Waals surface area contributed by atoms with Crippen LogP contribution < -0.4 is 5.32 Å². The lowest BCUT2D eigenvalue weighted by molar-refractivity contribution is -0.121. The van der Waals surface area contributed by atoms with Crippen molar-refractivity contribution in [1.82, 2.24) is 9.62 Å². The summed E-state index contributed by atoms with van der Waals surface area (Å²) in [7, 11) is -3.79. The second-order valence-corrected chi connectivity index (χ2v) is 11.6. The summed E-state index contributed by atoms with van der Waals surface area (Å²) in [5, 5.41) is 3.14. The van der Waals surface area contributed by atoms with E-state index in [-0.39, 0.29) is 29.3 Å². The fraction of sp³-hybridized carbons (Fsp3) is 0.345. The Kier molecular flexibility index (Phi) is 8.54. The third-order valence-electron chi connectivity index (χ3n) is 6.84. The van der Waals surface area contributed by atoms with Crippen LogP contribution >= 0.6 is 0 Å². The fourth-order valence-corrected chi connectivity index (χ4v) is 6.27. The molecule has 0 unspecified atom stereocenters. The average Bonchev–Trinajstić information content (AvgIpc) is 2.88. The summed E-state index contributed by atoms with van der Waals surface area (Å²) < 4.78 is 42.8. The number of hydrogen-bond donors (Lipinski definition) is 1. The first-order valence-corrected chi connectivity index (χ1v) is 13.9. The van der Waals surface area contributed by atoms with Gasteiger partial charge < -0.3 is 5.32 Å². The largest absolute Gasteiger partial charge is 0.353 e. The molecule has 1 fully saturated rings. The molecule has 5 nitrogen and oxygen atoms in total. The first kappa shape index (κ1) is 26.0. The molecule has 0 atom stereocenters. The molecule has 190 valence electrons. The molecule has 3 aromatic rings. The quantitative estimate of drug-likeness (QED) is 0.430. The van der Waals surface area contributed by atoms with Crippen LogP contribution in [-0.2, 0) is 27.8 Å². The zero-order chi connectivity index (χ0) is 25.5. The Morgan fingerprint density at radius 1 is 0.917 bits per heavy atom. The van der Waals surface area contributed by atoms with Crippen molar-refractivity contribution in [2.45, 2.75) is 56.5 Å². The molecule has 1 aliphatic carbocycles. The summed E-state index contributed by atoms with van der Waals surface area (Å²) in [6, 6.07) is 22.7. The van der Waals surface area contributed by atoms with Gasteiger partial charge in [-0.15, -0.1) is 0 Å². The lowest BCUT2D eigenvalue weighted by Crippen LogP contribution is -2.41. The van der Waals surface area contributed by atoms with Gasteiger partial charge in [0.25, 0.3) is 0 Å². The Bertz CT molecular complexity index is 1260. The van der Waals surface area contributed by atoms with E-state index in [1.165, 1.54) is 10.4 Å². The molecule has 0 aliphatic heterocycles. The third-order valence-corrected chi connectivity index (χ3v) is 8.67. The summed E-state index contributed by atoms with van der Waals surface area (Å²) in [4.78, 5) is 12.7. The Balaban J connectivity index is 1.38. The van der Waals surface area contributed by atoms with Crippen molar-refractivity contribution in [3.63, 3.8) is 0 Å². The number of amides is 1. The fourth-order valence-electron chi connectivity index (χ4n) is 4.75. The van der Waals surface area contributed by atoms with Gasteiger partial charge in [0, 0.05) is 24.7 Å². The van der Waals surface area contributed by atoms with Crippen LogP contribution in [0.5, 0.6) is 0 Å². The smallest absolute Gasteiger partial charge is 0.243 e. The first-order valence-electron chi connectivity index (χ1n) is 12.4. The summed E-state index contributed by atoms with van der Waals surface area (Å²) in [5.41, 5.74) is 2.51. The Morgan fingerprint density at radius 2 is 1.56 bits per heavy atom. The minimum absolute atomic E-state index is 0.00939. The number of rotatable bonds is 9. The van der Waals surface area contributed by atoms with Gasteiger partial charge in [-0.05, 0) is 62.3 Å². The van der Waals surface area contributed by atoms with Crippen LogP contribution in [0.1, 0.15) is 42.4 Å². The lowest BCUT2D eigenvalue weighted by atomic mass is 9.86. The van der Waals surface area contributed by atoms with E-state index in [4.69, 9.17) is 0 Å². The normalized spacial score (nSPS) is 18.2. The maximum atomic E-state index is 14.4. The van der Waals surface area contributed by atoms with Gasteiger partial charge in [0.1, 0.15) is 5.82 Å².